The van der Waals surface area contributed by atoms with Crippen molar-refractivity contribution in [2.45, 2.75) is 58.5 Å². The second-order valence-corrected chi connectivity index (χ2v) is 8.34. The summed E-state index contributed by atoms with van der Waals surface area (Å²) in [5, 5.41) is 0.860. The number of halogens is 2. The fourth-order valence-electron chi connectivity index (χ4n) is 4.06. The molecule has 2 fully saturated rings. The Morgan fingerprint density at radius 1 is 1.04 bits per heavy atom. The van der Waals surface area contributed by atoms with Crippen molar-refractivity contribution in [1.29, 1.82) is 0 Å². The van der Waals surface area contributed by atoms with Gasteiger partial charge in [0.25, 0.3) is 0 Å². The minimum absolute atomic E-state index is 0.0672. The van der Waals surface area contributed by atoms with Crippen LogP contribution in [0.3, 0.4) is 0 Å². The molecule has 0 spiro atoms. The van der Waals surface area contributed by atoms with Crippen molar-refractivity contribution in [3.05, 3.63) is 33.3 Å². The van der Waals surface area contributed by atoms with Gasteiger partial charge >= 0.3 is 0 Å². The van der Waals surface area contributed by atoms with Crippen molar-refractivity contribution in [1.82, 2.24) is 0 Å². The van der Waals surface area contributed by atoms with Crippen LogP contribution >= 0.6 is 23.2 Å². The Morgan fingerprint density at radius 3 is 2.38 bits per heavy atom. The fourth-order valence-corrected chi connectivity index (χ4v) is 4.53. The third kappa shape index (κ3) is 3.81. The lowest BCUT2D eigenvalue weighted by molar-refractivity contribution is -0.0510. The van der Waals surface area contributed by atoms with Gasteiger partial charge in [-0.25, -0.2) is 0 Å². The first-order chi connectivity index (χ1) is 11.5. The number of carbonyl (C=O) groups excluding carboxylic acids is 1. The summed E-state index contributed by atoms with van der Waals surface area (Å²) in [6.07, 6.45) is 7.35. The maximum Gasteiger partial charge on any atom is 0.169 e. The summed E-state index contributed by atoms with van der Waals surface area (Å²) in [6.45, 7) is 4.74. The lowest BCUT2D eigenvalue weighted by Gasteiger charge is -2.37. The highest BCUT2D eigenvalue weighted by atomic mass is 35.5. The van der Waals surface area contributed by atoms with E-state index in [1.54, 1.807) is 6.07 Å². The molecule has 0 N–H and O–H groups in total. The van der Waals surface area contributed by atoms with Crippen LogP contribution in [0, 0.1) is 24.7 Å². The molecular weight excluding hydrogens is 343 g/mol. The van der Waals surface area contributed by atoms with E-state index in [0.717, 1.165) is 24.3 Å². The molecule has 1 aromatic carbocycles. The van der Waals surface area contributed by atoms with Crippen LogP contribution in [0.1, 0.15) is 61.4 Å². The first kappa shape index (κ1) is 18.2. The summed E-state index contributed by atoms with van der Waals surface area (Å²) >= 11 is 12.5. The van der Waals surface area contributed by atoms with Gasteiger partial charge in [-0.15, -0.1) is 0 Å². The number of carbonyl (C=O) groups is 1. The highest BCUT2D eigenvalue weighted by Gasteiger charge is 2.34. The summed E-state index contributed by atoms with van der Waals surface area (Å²) in [5.74, 6) is 1.50. The van der Waals surface area contributed by atoms with E-state index in [9.17, 15) is 4.79 Å². The normalized spacial score (nSPS) is 31.0. The van der Waals surface area contributed by atoms with Gasteiger partial charge in [0.1, 0.15) is 0 Å². The Balaban J connectivity index is 1.60. The third-order valence-corrected chi connectivity index (χ3v) is 6.79. The van der Waals surface area contributed by atoms with Crippen LogP contribution in [-0.4, -0.2) is 18.5 Å². The Labute approximate surface area is 154 Å². The maximum absolute atomic E-state index is 12.8. The zero-order valence-electron chi connectivity index (χ0n) is 14.5. The molecule has 24 heavy (non-hydrogen) atoms. The summed E-state index contributed by atoms with van der Waals surface area (Å²) in [4.78, 5) is 12.8. The standard InChI is InChI=1S/C20H26Cl2O2/c1-12-3-6-14(7-4-12)17-10-8-15(11-24-17)20(23)16-9-5-13(2)18(21)19(16)22/h5,9,12,14-15,17H,3-4,6-8,10-11H2,1-2H3/t12?,14?,15-,17?/m1/s1. The van der Waals surface area contributed by atoms with E-state index in [2.05, 4.69) is 6.92 Å². The highest BCUT2D eigenvalue weighted by Crippen LogP contribution is 2.37. The van der Waals surface area contributed by atoms with Crippen molar-refractivity contribution in [2.24, 2.45) is 17.8 Å². The number of rotatable bonds is 3. The van der Waals surface area contributed by atoms with Crippen LogP contribution in [0.25, 0.3) is 0 Å². The van der Waals surface area contributed by atoms with Crippen molar-refractivity contribution < 1.29 is 9.53 Å². The Hall–Kier alpha value is -0.570. The molecule has 1 saturated heterocycles. The van der Waals surface area contributed by atoms with Crippen LogP contribution in [-0.2, 0) is 4.74 Å². The summed E-state index contributed by atoms with van der Waals surface area (Å²) in [6, 6.07) is 3.65. The maximum atomic E-state index is 12.8. The number of ketones is 1. The molecule has 3 rings (SSSR count). The molecule has 0 aromatic heterocycles. The molecule has 4 heteroatoms. The number of ether oxygens (including phenoxy) is 1. The molecule has 2 atom stereocenters. The van der Waals surface area contributed by atoms with Crippen molar-refractivity contribution >= 4 is 29.0 Å². The molecule has 1 aliphatic heterocycles. The van der Waals surface area contributed by atoms with Gasteiger partial charge in [-0.2, -0.15) is 0 Å². The van der Waals surface area contributed by atoms with Crippen LogP contribution in [0.5, 0.6) is 0 Å². The minimum atomic E-state index is -0.0972. The Morgan fingerprint density at radius 2 is 1.75 bits per heavy atom. The van der Waals surface area contributed by atoms with E-state index in [-0.39, 0.29) is 11.7 Å². The number of aryl methyl sites for hydroxylation is 1. The molecular formula is C20H26Cl2O2. The summed E-state index contributed by atoms with van der Waals surface area (Å²) in [7, 11) is 0. The molecule has 1 aliphatic carbocycles. The van der Waals surface area contributed by atoms with Gasteiger partial charge in [-0.1, -0.05) is 49.0 Å². The van der Waals surface area contributed by atoms with Crippen LogP contribution in [0.15, 0.2) is 12.1 Å². The lowest BCUT2D eigenvalue weighted by atomic mass is 9.77. The topological polar surface area (TPSA) is 26.3 Å². The quantitative estimate of drug-likeness (QED) is 0.601. The summed E-state index contributed by atoms with van der Waals surface area (Å²) in [5.41, 5.74) is 1.43. The van der Waals surface area contributed by atoms with Crippen LogP contribution in [0.2, 0.25) is 10.0 Å². The molecule has 132 valence electrons. The van der Waals surface area contributed by atoms with Crippen molar-refractivity contribution in [3.8, 4) is 0 Å². The van der Waals surface area contributed by atoms with E-state index >= 15 is 0 Å². The van der Waals surface area contributed by atoms with E-state index in [1.165, 1.54) is 25.7 Å². The van der Waals surface area contributed by atoms with Gasteiger partial charge in [0.15, 0.2) is 5.78 Å². The third-order valence-electron chi connectivity index (χ3n) is 5.81. The molecule has 1 unspecified atom stereocenters. The number of Topliss-reactive ketones (excluding diaryl/α,β-unsaturated/α-hetero) is 1. The predicted octanol–water partition coefficient (Wildman–Crippen LogP) is 6.11. The van der Waals surface area contributed by atoms with Gasteiger partial charge < -0.3 is 4.74 Å². The molecule has 0 radical (unpaired) electrons. The zero-order chi connectivity index (χ0) is 17.3. The van der Waals surface area contributed by atoms with Crippen LogP contribution < -0.4 is 0 Å². The molecule has 0 bridgehead atoms. The molecule has 1 saturated carbocycles. The van der Waals surface area contributed by atoms with E-state index in [0.29, 0.717) is 34.2 Å². The fraction of sp³-hybridized carbons (Fsp3) is 0.650. The van der Waals surface area contributed by atoms with Gasteiger partial charge in [-0.3, -0.25) is 4.79 Å². The van der Waals surface area contributed by atoms with E-state index < -0.39 is 0 Å². The van der Waals surface area contributed by atoms with Gasteiger partial charge in [0.05, 0.1) is 22.8 Å². The zero-order valence-corrected chi connectivity index (χ0v) is 16.0. The largest absolute Gasteiger partial charge is 0.377 e. The first-order valence-electron chi connectivity index (χ1n) is 9.07. The minimum Gasteiger partial charge on any atom is -0.377 e. The SMILES string of the molecule is Cc1ccc(C(=O)[C@@H]2CCC(C3CCC(C)CC3)OC2)c(Cl)c1Cl. The Bertz CT molecular complexity index is 598. The van der Waals surface area contributed by atoms with E-state index in [4.69, 9.17) is 27.9 Å². The average Bonchev–Trinajstić information content (AvgIpc) is 2.60. The van der Waals surface area contributed by atoms with Crippen LogP contribution in [0.4, 0.5) is 0 Å². The highest BCUT2D eigenvalue weighted by molar-refractivity contribution is 6.44. The van der Waals surface area contributed by atoms with E-state index in [1.807, 2.05) is 13.0 Å². The number of hydrogen-bond donors (Lipinski definition) is 0. The monoisotopic (exact) mass is 368 g/mol. The smallest absolute Gasteiger partial charge is 0.169 e. The lowest BCUT2D eigenvalue weighted by Crippen LogP contribution is -2.36. The van der Waals surface area contributed by atoms with Gasteiger partial charge in [-0.05, 0) is 56.1 Å². The Kier molecular flexibility index (Phi) is 5.89. The second kappa shape index (κ2) is 7.76. The first-order valence-corrected chi connectivity index (χ1v) is 9.83. The predicted molar refractivity (Wildman–Crippen MR) is 99.1 cm³/mol. The second-order valence-electron chi connectivity index (χ2n) is 7.59. The number of benzene rings is 1. The van der Waals surface area contributed by atoms with Gasteiger partial charge in [0.2, 0.25) is 0 Å². The average molecular weight is 369 g/mol. The molecule has 1 aromatic rings. The van der Waals surface area contributed by atoms with Gasteiger partial charge in [0, 0.05) is 11.5 Å². The summed E-state index contributed by atoms with van der Waals surface area (Å²) < 4.78 is 6.10. The number of hydrogen-bond acceptors (Lipinski definition) is 2. The molecule has 2 aliphatic rings. The molecule has 1 heterocycles. The van der Waals surface area contributed by atoms with Crippen molar-refractivity contribution in [3.63, 3.8) is 0 Å². The molecule has 2 nitrogen and oxygen atoms in total. The van der Waals surface area contributed by atoms with Crippen molar-refractivity contribution in [2.75, 3.05) is 6.61 Å². The molecule has 0 amide bonds.